The van der Waals surface area contributed by atoms with Crippen molar-refractivity contribution in [2.75, 3.05) is 18.0 Å². The molecule has 26 heavy (non-hydrogen) atoms. The Morgan fingerprint density at radius 1 is 1.23 bits per heavy atom. The van der Waals surface area contributed by atoms with Crippen LogP contribution in [0.1, 0.15) is 37.0 Å². The number of nitrogens with zero attached hydrogens (tertiary/aromatic N) is 1. The van der Waals surface area contributed by atoms with Gasteiger partial charge in [-0.3, -0.25) is 4.79 Å². The van der Waals surface area contributed by atoms with Gasteiger partial charge in [-0.2, -0.15) is 0 Å². The van der Waals surface area contributed by atoms with Gasteiger partial charge < -0.3 is 14.7 Å². The third-order valence-corrected chi connectivity index (χ3v) is 5.03. The molecule has 1 N–H and O–H groups in total. The Balaban J connectivity index is 2.13. The third-order valence-electron chi connectivity index (χ3n) is 4.45. The van der Waals surface area contributed by atoms with E-state index in [0.29, 0.717) is 16.6 Å². The number of anilines is 1. The van der Waals surface area contributed by atoms with Crippen LogP contribution in [0.3, 0.4) is 0 Å². The topological polar surface area (TPSA) is 49.8 Å². The fourth-order valence-corrected chi connectivity index (χ4v) is 3.81. The molecule has 0 amide bonds. The van der Waals surface area contributed by atoms with Crippen LogP contribution in [0.5, 0.6) is 0 Å². The number of aliphatic carboxylic acids is 1. The zero-order chi connectivity index (χ0) is 18.7. The average Bonchev–Trinajstić information content (AvgIpc) is 2.72. The van der Waals surface area contributed by atoms with Gasteiger partial charge in [0.2, 0.25) is 0 Å². The molecule has 0 bridgehead atoms. The van der Waals surface area contributed by atoms with E-state index in [1.165, 1.54) is 0 Å². The Kier molecular flexibility index (Phi) is 6.07. The smallest absolute Gasteiger partial charge is 0.306 e. The molecule has 0 spiro atoms. The van der Waals surface area contributed by atoms with E-state index in [4.69, 9.17) is 27.9 Å². The molecule has 3 rings (SSSR count). The number of ether oxygens (including phenoxy) is 1. The lowest BCUT2D eigenvalue weighted by atomic mass is 9.99. The molecule has 0 aromatic heterocycles. The summed E-state index contributed by atoms with van der Waals surface area (Å²) >= 11 is 12.7. The van der Waals surface area contributed by atoms with Gasteiger partial charge in [-0.1, -0.05) is 48.3 Å². The van der Waals surface area contributed by atoms with Gasteiger partial charge in [-0.25, -0.2) is 0 Å². The molecule has 1 aliphatic rings. The van der Waals surface area contributed by atoms with Crippen LogP contribution in [0.15, 0.2) is 42.5 Å². The number of rotatable bonds is 5. The van der Waals surface area contributed by atoms with E-state index < -0.39 is 18.2 Å². The summed E-state index contributed by atoms with van der Waals surface area (Å²) < 4.78 is 6.28. The molecule has 0 aliphatic carbocycles. The SMILES string of the molecule is CCCN1CC(CC(=O)O)OC(c2ccccc2Cl)c2cc(Cl)ccc21. The predicted octanol–water partition coefficient (Wildman–Crippen LogP) is 5.17. The van der Waals surface area contributed by atoms with Crippen LogP contribution >= 0.6 is 23.2 Å². The molecular formula is C20H21Cl2NO3. The highest BCUT2D eigenvalue weighted by atomic mass is 35.5. The van der Waals surface area contributed by atoms with Gasteiger partial charge in [0.1, 0.15) is 6.10 Å². The second kappa shape index (κ2) is 8.30. The minimum atomic E-state index is -0.881. The van der Waals surface area contributed by atoms with Crippen molar-refractivity contribution < 1.29 is 14.6 Å². The second-order valence-electron chi connectivity index (χ2n) is 6.41. The third kappa shape index (κ3) is 4.14. The monoisotopic (exact) mass is 393 g/mol. The summed E-state index contributed by atoms with van der Waals surface area (Å²) in [5, 5.41) is 10.5. The van der Waals surface area contributed by atoms with Gasteiger partial charge in [0.05, 0.1) is 12.5 Å². The molecule has 0 saturated carbocycles. The highest BCUT2D eigenvalue weighted by Crippen LogP contribution is 2.41. The van der Waals surface area contributed by atoms with Gasteiger partial charge in [-0.05, 0) is 30.7 Å². The zero-order valence-electron chi connectivity index (χ0n) is 14.5. The van der Waals surface area contributed by atoms with Crippen LogP contribution in [0.25, 0.3) is 0 Å². The van der Waals surface area contributed by atoms with Crippen molar-refractivity contribution in [3.8, 4) is 0 Å². The van der Waals surface area contributed by atoms with E-state index in [0.717, 1.165) is 29.8 Å². The summed E-state index contributed by atoms with van der Waals surface area (Å²) in [7, 11) is 0. The minimum absolute atomic E-state index is 0.0666. The fourth-order valence-electron chi connectivity index (χ4n) is 3.39. The molecule has 6 heteroatoms. The first kappa shape index (κ1) is 19.0. The summed E-state index contributed by atoms with van der Waals surface area (Å²) in [4.78, 5) is 13.5. The Labute approximate surface area is 163 Å². The molecule has 1 heterocycles. The maximum Gasteiger partial charge on any atom is 0.306 e. The van der Waals surface area contributed by atoms with Crippen LogP contribution in [-0.4, -0.2) is 30.3 Å². The molecule has 2 atom stereocenters. The Morgan fingerprint density at radius 3 is 2.69 bits per heavy atom. The number of carbonyl (C=O) groups is 1. The van der Waals surface area contributed by atoms with Crippen molar-refractivity contribution in [3.63, 3.8) is 0 Å². The van der Waals surface area contributed by atoms with E-state index in [1.807, 2.05) is 42.5 Å². The van der Waals surface area contributed by atoms with Gasteiger partial charge in [0.25, 0.3) is 0 Å². The first-order valence-corrected chi connectivity index (χ1v) is 9.41. The van der Waals surface area contributed by atoms with Gasteiger partial charge in [0.15, 0.2) is 0 Å². The van der Waals surface area contributed by atoms with Crippen molar-refractivity contribution in [2.45, 2.75) is 32.0 Å². The average molecular weight is 394 g/mol. The summed E-state index contributed by atoms with van der Waals surface area (Å²) in [6, 6.07) is 13.2. The zero-order valence-corrected chi connectivity index (χ0v) is 16.0. The number of fused-ring (bicyclic) bond motifs is 1. The summed E-state index contributed by atoms with van der Waals surface area (Å²) in [6.45, 7) is 3.41. The number of hydrogen-bond acceptors (Lipinski definition) is 3. The largest absolute Gasteiger partial charge is 0.481 e. The Hall–Kier alpha value is -1.75. The number of benzene rings is 2. The maximum absolute atomic E-state index is 11.3. The van der Waals surface area contributed by atoms with Crippen molar-refractivity contribution in [1.82, 2.24) is 0 Å². The van der Waals surface area contributed by atoms with Gasteiger partial charge in [-0.15, -0.1) is 0 Å². The molecule has 138 valence electrons. The number of hydrogen-bond donors (Lipinski definition) is 1. The normalized spacial score (nSPS) is 19.7. The lowest BCUT2D eigenvalue weighted by Gasteiger charge is -2.26. The molecule has 0 saturated heterocycles. The van der Waals surface area contributed by atoms with Crippen LogP contribution < -0.4 is 4.90 Å². The minimum Gasteiger partial charge on any atom is -0.481 e. The van der Waals surface area contributed by atoms with Crippen molar-refractivity contribution >= 4 is 34.9 Å². The summed E-state index contributed by atoms with van der Waals surface area (Å²) in [5.74, 6) is -0.881. The number of carboxylic acid groups (broad SMARTS) is 1. The lowest BCUT2D eigenvalue weighted by Crippen LogP contribution is -2.34. The van der Waals surface area contributed by atoms with E-state index in [9.17, 15) is 9.90 Å². The van der Waals surface area contributed by atoms with Crippen LogP contribution in [0.4, 0.5) is 5.69 Å². The van der Waals surface area contributed by atoms with E-state index in [2.05, 4.69) is 11.8 Å². The molecule has 2 aromatic carbocycles. The van der Waals surface area contributed by atoms with Crippen LogP contribution in [0.2, 0.25) is 10.0 Å². The fraction of sp³-hybridized carbons (Fsp3) is 0.350. The standard InChI is InChI=1S/C20H21Cl2NO3/c1-2-9-23-12-14(11-19(24)25)26-20(15-5-3-4-6-17(15)22)16-10-13(21)7-8-18(16)23/h3-8,10,14,20H,2,9,11-12H2,1H3,(H,24,25). The lowest BCUT2D eigenvalue weighted by molar-refractivity contribution is -0.140. The van der Waals surface area contributed by atoms with E-state index >= 15 is 0 Å². The van der Waals surface area contributed by atoms with Gasteiger partial charge >= 0.3 is 5.97 Å². The van der Waals surface area contributed by atoms with Crippen LogP contribution in [0, 0.1) is 0 Å². The van der Waals surface area contributed by atoms with Crippen molar-refractivity contribution in [2.24, 2.45) is 0 Å². The number of carboxylic acids is 1. The molecule has 0 radical (unpaired) electrons. The highest BCUT2D eigenvalue weighted by Gasteiger charge is 2.32. The predicted molar refractivity (Wildman–Crippen MR) is 104 cm³/mol. The summed E-state index contributed by atoms with van der Waals surface area (Å²) in [6.07, 6.45) is -0.0447. The van der Waals surface area contributed by atoms with Gasteiger partial charge in [0, 0.05) is 39.9 Å². The Bertz CT molecular complexity index is 796. The molecule has 1 aliphatic heterocycles. The second-order valence-corrected chi connectivity index (χ2v) is 7.25. The van der Waals surface area contributed by atoms with Crippen LogP contribution in [-0.2, 0) is 9.53 Å². The molecule has 2 aromatic rings. The molecule has 2 unspecified atom stereocenters. The first-order valence-electron chi connectivity index (χ1n) is 8.65. The highest BCUT2D eigenvalue weighted by molar-refractivity contribution is 6.31. The van der Waals surface area contributed by atoms with E-state index in [1.54, 1.807) is 0 Å². The Morgan fingerprint density at radius 2 is 2.00 bits per heavy atom. The maximum atomic E-state index is 11.3. The summed E-state index contributed by atoms with van der Waals surface area (Å²) in [5.41, 5.74) is 2.73. The molecule has 4 nitrogen and oxygen atoms in total. The van der Waals surface area contributed by atoms with Crippen molar-refractivity contribution in [1.29, 1.82) is 0 Å². The molecule has 0 fully saturated rings. The molecular weight excluding hydrogens is 373 g/mol. The van der Waals surface area contributed by atoms with E-state index in [-0.39, 0.29) is 6.42 Å². The first-order chi connectivity index (χ1) is 12.5. The quantitative estimate of drug-likeness (QED) is 0.760. The van der Waals surface area contributed by atoms with Crippen molar-refractivity contribution in [3.05, 3.63) is 63.6 Å². The number of halogens is 2.